The number of hydrogen-bond acceptors (Lipinski definition) is 0. The summed E-state index contributed by atoms with van der Waals surface area (Å²) in [6.07, 6.45) is 0. The topological polar surface area (TPSA) is 15.8 Å². The molecule has 8 aromatic carbocycles. The summed E-state index contributed by atoms with van der Waals surface area (Å²) in [5, 5.41) is 13.6. The Hall–Kier alpha value is -6.01. The molecule has 9 rings (SSSR count). The van der Waals surface area contributed by atoms with Crippen LogP contribution in [0.5, 0.6) is 0 Å². The van der Waals surface area contributed by atoms with Gasteiger partial charge < -0.3 is 4.98 Å². The van der Waals surface area contributed by atoms with Crippen LogP contribution in [0.15, 0.2) is 218 Å². The highest BCUT2D eigenvalue weighted by atomic mass is 28.3. The molecule has 0 spiro atoms. The summed E-state index contributed by atoms with van der Waals surface area (Å²) in [4.78, 5) is 4.08. The lowest BCUT2D eigenvalue weighted by atomic mass is 10.1. The second-order valence-corrected chi connectivity index (χ2v) is 20.8. The van der Waals surface area contributed by atoms with Crippen LogP contribution in [0.1, 0.15) is 0 Å². The van der Waals surface area contributed by atoms with Gasteiger partial charge in [0.1, 0.15) is 0 Å². The molecule has 0 fully saturated rings. The number of para-hydroxylation sites is 1. The Kier molecular flexibility index (Phi) is 7.92. The molecule has 0 radical (unpaired) electrons. The summed E-state index contributed by atoms with van der Waals surface area (Å²) in [6.45, 7) is 0. The molecule has 242 valence electrons. The average molecular weight is 684 g/mol. The van der Waals surface area contributed by atoms with Crippen molar-refractivity contribution >= 4 is 79.4 Å². The van der Waals surface area contributed by atoms with Crippen LogP contribution in [0.3, 0.4) is 0 Å². The van der Waals surface area contributed by atoms with Crippen molar-refractivity contribution in [2.75, 3.05) is 0 Å². The van der Waals surface area contributed by atoms with E-state index in [1.54, 1.807) is 0 Å². The number of rotatable bonds is 8. The molecule has 0 bridgehead atoms. The molecule has 1 N–H and O–H groups in total. The third-order valence-corrected chi connectivity index (χ3v) is 20.6. The second-order valence-electron chi connectivity index (χ2n) is 13.3. The Morgan fingerprint density at radius 3 is 1.00 bits per heavy atom. The standard InChI is InChI=1S/C48H37NSi2/c1-7-21-37(22-8-1)50(38-23-9-2-10-24-38,39-25-11-3-12-26-39)46-36-35-44-43-33-19-20-34-45(43)49-47(44)48(46)51(40-27-13-4-14-28-40,41-29-15-5-16-30-41)42-31-17-6-18-32-42/h1-36,49H. The van der Waals surface area contributed by atoms with Gasteiger partial charge in [0.25, 0.3) is 0 Å². The number of aromatic nitrogens is 1. The lowest BCUT2D eigenvalue weighted by molar-refractivity contribution is 1.56. The number of benzene rings is 8. The van der Waals surface area contributed by atoms with Gasteiger partial charge >= 0.3 is 0 Å². The molecule has 0 aliphatic carbocycles. The molecule has 0 saturated carbocycles. The lowest BCUT2D eigenvalue weighted by Crippen LogP contribution is -2.84. The fourth-order valence-corrected chi connectivity index (χ4v) is 19.6. The number of fused-ring (bicyclic) bond motifs is 3. The minimum atomic E-state index is -3.08. The monoisotopic (exact) mass is 683 g/mol. The van der Waals surface area contributed by atoms with Crippen molar-refractivity contribution in [3.05, 3.63) is 218 Å². The summed E-state index contributed by atoms with van der Waals surface area (Å²) >= 11 is 0. The molecule has 0 unspecified atom stereocenters. The Morgan fingerprint density at radius 2 is 0.608 bits per heavy atom. The molecular formula is C48H37NSi2. The number of hydrogen-bond donors (Lipinski definition) is 1. The first-order chi connectivity index (χ1) is 25.3. The molecule has 9 aromatic rings. The molecular weight excluding hydrogens is 647 g/mol. The van der Waals surface area contributed by atoms with Crippen LogP contribution in [-0.4, -0.2) is 21.1 Å². The zero-order chi connectivity index (χ0) is 34.1. The van der Waals surface area contributed by atoms with E-state index in [1.807, 2.05) is 0 Å². The van der Waals surface area contributed by atoms with Gasteiger partial charge in [0.05, 0.1) is 0 Å². The third kappa shape index (κ3) is 4.89. The van der Waals surface area contributed by atoms with E-state index in [9.17, 15) is 0 Å². The van der Waals surface area contributed by atoms with Crippen LogP contribution in [0.25, 0.3) is 21.8 Å². The van der Waals surface area contributed by atoms with Crippen LogP contribution < -0.4 is 41.5 Å². The molecule has 0 aliphatic rings. The SMILES string of the molecule is c1ccc([Si](c2ccccc2)(c2ccccc2)c2ccc3c([nH]c4ccccc43)c2[Si](c2ccccc2)(c2ccccc2)c2ccccc2)cc1. The van der Waals surface area contributed by atoms with E-state index in [-0.39, 0.29) is 0 Å². The van der Waals surface area contributed by atoms with Crippen LogP contribution in [-0.2, 0) is 0 Å². The Labute approximate surface area is 301 Å². The fraction of sp³-hybridized carbons (Fsp3) is 0. The van der Waals surface area contributed by atoms with Crippen molar-refractivity contribution in [2.45, 2.75) is 0 Å². The maximum atomic E-state index is 4.08. The number of nitrogens with one attached hydrogen (secondary N) is 1. The summed E-state index contributed by atoms with van der Waals surface area (Å²) in [5.74, 6) is 0. The van der Waals surface area contributed by atoms with Crippen molar-refractivity contribution in [1.29, 1.82) is 0 Å². The molecule has 51 heavy (non-hydrogen) atoms. The van der Waals surface area contributed by atoms with E-state index in [1.165, 1.54) is 57.8 Å². The highest BCUT2D eigenvalue weighted by Gasteiger charge is 2.51. The first kappa shape index (κ1) is 31.0. The summed E-state index contributed by atoms with van der Waals surface area (Å²) < 4.78 is 0. The van der Waals surface area contributed by atoms with E-state index in [0.717, 1.165) is 5.52 Å². The average Bonchev–Trinajstić information content (AvgIpc) is 3.60. The van der Waals surface area contributed by atoms with Gasteiger partial charge in [-0.15, -0.1) is 0 Å². The van der Waals surface area contributed by atoms with Gasteiger partial charge in [-0.3, -0.25) is 0 Å². The smallest absolute Gasteiger partial charge is 0.181 e. The molecule has 1 heterocycles. The van der Waals surface area contributed by atoms with Gasteiger partial charge in [-0.1, -0.05) is 212 Å². The molecule has 0 atom stereocenters. The van der Waals surface area contributed by atoms with Crippen molar-refractivity contribution in [3.63, 3.8) is 0 Å². The minimum Gasteiger partial charge on any atom is -0.355 e. The van der Waals surface area contributed by atoms with Gasteiger partial charge in [0.2, 0.25) is 0 Å². The first-order valence-corrected chi connectivity index (χ1v) is 21.7. The quantitative estimate of drug-likeness (QED) is 0.148. The summed E-state index contributed by atoms with van der Waals surface area (Å²) in [6, 6.07) is 81.9. The second kappa shape index (κ2) is 13.0. The zero-order valence-electron chi connectivity index (χ0n) is 28.3. The minimum absolute atomic E-state index is 1.16. The Morgan fingerprint density at radius 1 is 0.275 bits per heavy atom. The molecule has 0 amide bonds. The first-order valence-electron chi connectivity index (χ1n) is 17.7. The van der Waals surface area contributed by atoms with Gasteiger partial charge in [-0.05, 0) is 47.6 Å². The number of aromatic amines is 1. The van der Waals surface area contributed by atoms with Crippen LogP contribution in [0, 0.1) is 0 Å². The van der Waals surface area contributed by atoms with Crippen molar-refractivity contribution < 1.29 is 0 Å². The van der Waals surface area contributed by atoms with E-state index in [2.05, 4.69) is 223 Å². The largest absolute Gasteiger partial charge is 0.355 e. The van der Waals surface area contributed by atoms with Crippen LogP contribution >= 0.6 is 0 Å². The van der Waals surface area contributed by atoms with E-state index >= 15 is 0 Å². The van der Waals surface area contributed by atoms with E-state index < -0.39 is 16.1 Å². The molecule has 0 aliphatic heterocycles. The predicted octanol–water partition coefficient (Wildman–Crippen LogP) is 6.08. The van der Waals surface area contributed by atoms with Gasteiger partial charge in [-0.2, -0.15) is 0 Å². The van der Waals surface area contributed by atoms with E-state index in [4.69, 9.17) is 0 Å². The van der Waals surface area contributed by atoms with Gasteiger partial charge in [0, 0.05) is 21.8 Å². The van der Waals surface area contributed by atoms with Crippen LogP contribution in [0.4, 0.5) is 0 Å². The summed E-state index contributed by atoms with van der Waals surface area (Å²) in [7, 11) is -6.08. The van der Waals surface area contributed by atoms with E-state index in [0.29, 0.717) is 0 Å². The van der Waals surface area contributed by atoms with Gasteiger partial charge in [-0.25, -0.2) is 0 Å². The van der Waals surface area contributed by atoms with Crippen molar-refractivity contribution in [2.24, 2.45) is 0 Å². The van der Waals surface area contributed by atoms with Crippen LogP contribution in [0.2, 0.25) is 0 Å². The number of H-pyrrole nitrogens is 1. The highest BCUT2D eigenvalue weighted by molar-refractivity contribution is 7.27. The normalized spacial score (nSPS) is 11.9. The summed E-state index contributed by atoms with van der Waals surface area (Å²) in [5.41, 5.74) is 2.39. The maximum absolute atomic E-state index is 4.08. The van der Waals surface area contributed by atoms with Gasteiger partial charge in [0.15, 0.2) is 16.1 Å². The Bertz CT molecular complexity index is 2360. The molecule has 0 saturated heterocycles. The third-order valence-electron chi connectivity index (χ3n) is 10.7. The van der Waals surface area contributed by atoms with Crippen molar-refractivity contribution in [1.82, 2.24) is 4.98 Å². The maximum Gasteiger partial charge on any atom is 0.181 e. The molecule has 3 heteroatoms. The molecule has 1 nitrogen and oxygen atoms in total. The Balaban J connectivity index is 1.59. The fourth-order valence-electron chi connectivity index (χ4n) is 8.65. The molecule has 1 aromatic heterocycles. The van der Waals surface area contributed by atoms with Crippen molar-refractivity contribution in [3.8, 4) is 0 Å². The lowest BCUT2D eigenvalue weighted by Gasteiger charge is -2.42. The predicted molar refractivity (Wildman–Crippen MR) is 223 cm³/mol. The highest BCUT2D eigenvalue weighted by Crippen LogP contribution is 2.27. The zero-order valence-corrected chi connectivity index (χ0v) is 30.3.